The van der Waals surface area contributed by atoms with Gasteiger partial charge in [0.2, 0.25) is 0 Å². The van der Waals surface area contributed by atoms with E-state index in [0.717, 1.165) is 29.6 Å². The summed E-state index contributed by atoms with van der Waals surface area (Å²) in [5.74, 6) is 0.789. The molecule has 0 N–H and O–H groups in total. The second kappa shape index (κ2) is 6.11. The molecular formula is C14H18O2. The lowest BCUT2D eigenvalue weighted by molar-refractivity contribution is -0.107. The summed E-state index contributed by atoms with van der Waals surface area (Å²) in [6.45, 7) is 4.09. The third-order valence-electron chi connectivity index (χ3n) is 2.63. The van der Waals surface area contributed by atoms with Crippen molar-refractivity contribution in [1.29, 1.82) is 0 Å². The Bertz CT molecular complexity index is 392. The van der Waals surface area contributed by atoms with Gasteiger partial charge in [0.15, 0.2) is 0 Å². The molecule has 0 atom stereocenters. The van der Waals surface area contributed by atoms with Crippen LogP contribution < -0.4 is 4.74 Å². The number of carbonyl (C=O) groups is 1. The zero-order chi connectivity index (χ0) is 12.0. The molecule has 1 rings (SSSR count). The van der Waals surface area contributed by atoms with Crippen molar-refractivity contribution in [2.45, 2.75) is 26.7 Å². The van der Waals surface area contributed by atoms with Crippen LogP contribution in [0.5, 0.6) is 5.75 Å². The number of allylic oxidation sites excluding steroid dienone is 1. The molecule has 0 saturated carbocycles. The summed E-state index contributed by atoms with van der Waals surface area (Å²) in [6, 6.07) is 3.99. The van der Waals surface area contributed by atoms with Gasteiger partial charge in [-0.2, -0.15) is 0 Å². The second-order valence-electron chi connectivity index (χ2n) is 3.54. The second-order valence-corrected chi connectivity index (χ2v) is 3.54. The fraction of sp³-hybridized carbons (Fsp3) is 0.357. The standard InChI is InChI=1S/C14H18O2/c1-4-6-12-11(5-2)7-8-14(16-3)13(12)9-10-15/h4,6-8,10H,5,9H2,1-3H3/b6-4-. The van der Waals surface area contributed by atoms with Crippen molar-refractivity contribution in [2.75, 3.05) is 7.11 Å². The van der Waals surface area contributed by atoms with Crippen molar-refractivity contribution in [1.82, 2.24) is 0 Å². The third-order valence-corrected chi connectivity index (χ3v) is 2.63. The maximum absolute atomic E-state index is 10.7. The Balaban J connectivity index is 3.39. The number of aldehydes is 1. The molecule has 0 aliphatic rings. The van der Waals surface area contributed by atoms with Crippen molar-refractivity contribution in [2.24, 2.45) is 0 Å². The lowest BCUT2D eigenvalue weighted by Crippen LogP contribution is -2.00. The first-order valence-corrected chi connectivity index (χ1v) is 5.53. The van der Waals surface area contributed by atoms with Crippen molar-refractivity contribution >= 4 is 12.4 Å². The summed E-state index contributed by atoms with van der Waals surface area (Å²) in [6.07, 6.45) is 6.30. The highest BCUT2D eigenvalue weighted by molar-refractivity contribution is 5.68. The van der Waals surface area contributed by atoms with Gasteiger partial charge in [0, 0.05) is 12.0 Å². The van der Waals surface area contributed by atoms with Crippen LogP contribution in [0, 0.1) is 0 Å². The Kier molecular flexibility index (Phi) is 4.77. The van der Waals surface area contributed by atoms with Gasteiger partial charge in [-0.25, -0.2) is 0 Å². The molecule has 0 radical (unpaired) electrons. The minimum atomic E-state index is 0.399. The first-order valence-electron chi connectivity index (χ1n) is 5.53. The van der Waals surface area contributed by atoms with E-state index in [-0.39, 0.29) is 0 Å². The van der Waals surface area contributed by atoms with Gasteiger partial charge in [-0.15, -0.1) is 0 Å². The quantitative estimate of drug-likeness (QED) is 0.710. The highest BCUT2D eigenvalue weighted by Crippen LogP contribution is 2.27. The van der Waals surface area contributed by atoms with Crippen LogP contribution in [-0.4, -0.2) is 13.4 Å². The van der Waals surface area contributed by atoms with Crippen molar-refractivity contribution in [3.63, 3.8) is 0 Å². The molecule has 86 valence electrons. The fourth-order valence-corrected chi connectivity index (χ4v) is 1.86. The van der Waals surface area contributed by atoms with Crippen molar-refractivity contribution in [3.05, 3.63) is 34.9 Å². The molecular weight excluding hydrogens is 200 g/mol. The summed E-state index contributed by atoms with van der Waals surface area (Å²) in [5.41, 5.74) is 3.35. The SMILES string of the molecule is C/C=C\c1c(CC)ccc(OC)c1CC=O. The van der Waals surface area contributed by atoms with Crippen LogP contribution in [0.1, 0.15) is 30.5 Å². The minimum Gasteiger partial charge on any atom is -0.496 e. The monoisotopic (exact) mass is 218 g/mol. The van der Waals surface area contributed by atoms with E-state index in [2.05, 4.69) is 13.0 Å². The highest BCUT2D eigenvalue weighted by Gasteiger charge is 2.10. The summed E-state index contributed by atoms with van der Waals surface area (Å²) < 4.78 is 5.29. The third kappa shape index (κ3) is 2.51. The number of hydrogen-bond donors (Lipinski definition) is 0. The van der Waals surface area contributed by atoms with Gasteiger partial charge in [-0.05, 0) is 30.5 Å². The largest absolute Gasteiger partial charge is 0.496 e. The van der Waals surface area contributed by atoms with Gasteiger partial charge >= 0.3 is 0 Å². The molecule has 0 aliphatic carbocycles. The molecule has 1 aromatic rings. The molecule has 0 saturated heterocycles. The Labute approximate surface area is 96.9 Å². The van der Waals surface area contributed by atoms with Gasteiger partial charge < -0.3 is 9.53 Å². The number of methoxy groups -OCH3 is 1. The number of ether oxygens (including phenoxy) is 1. The molecule has 0 fully saturated rings. The predicted octanol–water partition coefficient (Wildman–Crippen LogP) is 3.03. The number of carbonyl (C=O) groups excluding carboxylic acids is 1. The maximum atomic E-state index is 10.7. The Morgan fingerprint density at radius 2 is 2.12 bits per heavy atom. The summed E-state index contributed by atoms with van der Waals surface area (Å²) >= 11 is 0. The summed E-state index contributed by atoms with van der Waals surface area (Å²) in [4.78, 5) is 10.7. The van der Waals surface area contributed by atoms with Gasteiger partial charge in [0.25, 0.3) is 0 Å². The van der Waals surface area contributed by atoms with E-state index in [1.807, 2.05) is 25.1 Å². The Morgan fingerprint density at radius 1 is 1.38 bits per heavy atom. The topological polar surface area (TPSA) is 26.3 Å². The number of benzene rings is 1. The van der Waals surface area contributed by atoms with Crippen molar-refractivity contribution in [3.8, 4) is 5.75 Å². The molecule has 0 spiro atoms. The summed E-state index contributed by atoms with van der Waals surface area (Å²) in [7, 11) is 1.63. The molecule has 2 heteroatoms. The molecule has 0 amide bonds. The Morgan fingerprint density at radius 3 is 2.62 bits per heavy atom. The molecule has 16 heavy (non-hydrogen) atoms. The van der Waals surface area contributed by atoms with Gasteiger partial charge in [-0.3, -0.25) is 0 Å². The van der Waals surface area contributed by atoms with Crippen LogP contribution in [0.2, 0.25) is 0 Å². The average molecular weight is 218 g/mol. The van der Waals surface area contributed by atoms with Crippen LogP contribution >= 0.6 is 0 Å². The predicted molar refractivity (Wildman–Crippen MR) is 66.8 cm³/mol. The van der Waals surface area contributed by atoms with Gasteiger partial charge in [0.05, 0.1) is 7.11 Å². The van der Waals surface area contributed by atoms with E-state index in [1.54, 1.807) is 7.11 Å². The number of rotatable bonds is 5. The average Bonchev–Trinajstić information content (AvgIpc) is 2.31. The first-order chi connectivity index (χ1) is 7.78. The zero-order valence-electron chi connectivity index (χ0n) is 10.1. The van der Waals surface area contributed by atoms with Gasteiger partial charge in [0.1, 0.15) is 12.0 Å². The maximum Gasteiger partial charge on any atom is 0.124 e. The number of hydrogen-bond acceptors (Lipinski definition) is 2. The lowest BCUT2D eigenvalue weighted by Gasteiger charge is -2.13. The fourth-order valence-electron chi connectivity index (χ4n) is 1.86. The first kappa shape index (κ1) is 12.5. The van der Waals surface area contributed by atoms with Crippen LogP contribution in [0.4, 0.5) is 0 Å². The molecule has 1 aromatic carbocycles. The minimum absolute atomic E-state index is 0.399. The molecule has 2 nitrogen and oxygen atoms in total. The molecule has 0 aromatic heterocycles. The number of aryl methyl sites for hydroxylation is 1. The molecule has 0 aliphatic heterocycles. The summed E-state index contributed by atoms with van der Waals surface area (Å²) in [5, 5.41) is 0. The smallest absolute Gasteiger partial charge is 0.124 e. The van der Waals surface area contributed by atoms with Crippen LogP contribution in [-0.2, 0) is 17.6 Å². The van der Waals surface area contributed by atoms with E-state index in [4.69, 9.17) is 4.74 Å². The highest BCUT2D eigenvalue weighted by atomic mass is 16.5. The van der Waals surface area contributed by atoms with Crippen LogP contribution in [0.15, 0.2) is 18.2 Å². The Hall–Kier alpha value is -1.57. The van der Waals surface area contributed by atoms with E-state index in [0.29, 0.717) is 6.42 Å². The van der Waals surface area contributed by atoms with E-state index in [1.165, 1.54) is 5.56 Å². The van der Waals surface area contributed by atoms with Gasteiger partial charge in [-0.1, -0.05) is 25.1 Å². The van der Waals surface area contributed by atoms with Crippen LogP contribution in [0.25, 0.3) is 6.08 Å². The van der Waals surface area contributed by atoms with Crippen molar-refractivity contribution < 1.29 is 9.53 Å². The molecule has 0 heterocycles. The van der Waals surface area contributed by atoms with Crippen LogP contribution in [0.3, 0.4) is 0 Å². The lowest BCUT2D eigenvalue weighted by atomic mass is 9.96. The normalized spacial score (nSPS) is 10.7. The molecule has 0 bridgehead atoms. The van der Waals surface area contributed by atoms with E-state index in [9.17, 15) is 4.79 Å². The zero-order valence-corrected chi connectivity index (χ0v) is 10.1. The van der Waals surface area contributed by atoms with E-state index >= 15 is 0 Å². The van der Waals surface area contributed by atoms with E-state index < -0.39 is 0 Å². The molecule has 0 unspecified atom stereocenters.